The monoisotopic (exact) mass is 179 g/mol. The van der Waals surface area contributed by atoms with E-state index in [9.17, 15) is 4.79 Å². The molecule has 1 heterocycles. The molecule has 13 heavy (non-hydrogen) atoms. The van der Waals surface area contributed by atoms with Crippen molar-refractivity contribution in [2.75, 3.05) is 0 Å². The van der Waals surface area contributed by atoms with Gasteiger partial charge in [0.25, 0.3) is 5.87 Å². The highest BCUT2D eigenvalue weighted by molar-refractivity contribution is 6.82. The Labute approximate surface area is 77.9 Å². The summed E-state index contributed by atoms with van der Waals surface area (Å²) in [6, 6.07) is 0. The van der Waals surface area contributed by atoms with Crippen molar-refractivity contribution in [3.05, 3.63) is 12.4 Å². The molecule has 0 aliphatic carbocycles. The number of ether oxygens (including phenoxy) is 1. The molecule has 0 fully saturated rings. The molecule has 69 valence electrons. The summed E-state index contributed by atoms with van der Waals surface area (Å²) >= 11 is 0. The van der Waals surface area contributed by atoms with Crippen molar-refractivity contribution < 1.29 is 9.53 Å². The first-order valence-corrected chi connectivity index (χ1v) is 4.04. The topological polar surface area (TPSA) is 55.0 Å². The quantitative estimate of drug-likeness (QED) is 0.679. The van der Waals surface area contributed by atoms with E-state index in [-0.39, 0.29) is 5.87 Å². The van der Waals surface area contributed by atoms with Gasteiger partial charge in [-0.2, -0.15) is 5.10 Å². The molecule has 0 aromatic carbocycles. The van der Waals surface area contributed by atoms with E-state index in [1.807, 2.05) is 20.8 Å². The molecule has 0 saturated heterocycles. The second kappa shape index (κ2) is 3.64. The van der Waals surface area contributed by atoms with Crippen LogP contribution >= 0.6 is 0 Å². The van der Waals surface area contributed by atoms with Crippen molar-refractivity contribution in [2.24, 2.45) is 0 Å². The molecule has 0 bridgehead atoms. The fraction of sp³-hybridized carbons (Fsp3) is 0.500. The highest BCUT2D eigenvalue weighted by Gasteiger charge is 2.17. The maximum absolute atomic E-state index is 11.2. The van der Waals surface area contributed by atoms with Gasteiger partial charge in [0.2, 0.25) is 0 Å². The van der Waals surface area contributed by atoms with Crippen LogP contribution < -0.4 is 5.46 Å². The van der Waals surface area contributed by atoms with Crippen molar-refractivity contribution in [2.45, 2.75) is 26.4 Å². The minimum absolute atomic E-state index is 0.353. The van der Waals surface area contributed by atoms with E-state index in [0.29, 0.717) is 5.46 Å². The van der Waals surface area contributed by atoms with Crippen LogP contribution in [0, 0.1) is 0 Å². The fourth-order valence-electron chi connectivity index (χ4n) is 0.807. The lowest BCUT2D eigenvalue weighted by Crippen LogP contribution is -2.31. The predicted molar refractivity (Wildman–Crippen MR) is 50.2 cm³/mol. The zero-order chi connectivity index (χ0) is 9.90. The number of aromatic amines is 1. The van der Waals surface area contributed by atoms with Crippen LogP contribution in [-0.2, 0) is 4.74 Å². The summed E-state index contributed by atoms with van der Waals surface area (Å²) in [5.41, 5.74) is 0.270. The molecule has 1 aromatic heterocycles. The average Bonchev–Trinajstić information content (AvgIpc) is 2.34. The van der Waals surface area contributed by atoms with Crippen LogP contribution in [-0.4, -0.2) is 28.9 Å². The van der Waals surface area contributed by atoms with Crippen molar-refractivity contribution in [1.82, 2.24) is 10.2 Å². The van der Waals surface area contributed by atoms with Crippen molar-refractivity contribution in [3.8, 4) is 0 Å². The summed E-state index contributed by atoms with van der Waals surface area (Å²) in [4.78, 5) is 11.2. The molecule has 5 heteroatoms. The maximum Gasteiger partial charge on any atom is 0.302 e. The summed E-state index contributed by atoms with van der Waals surface area (Å²) in [6.07, 6.45) is 3.19. The fourth-order valence-corrected chi connectivity index (χ4v) is 0.807. The molecule has 0 unspecified atom stereocenters. The molecule has 0 amide bonds. The van der Waals surface area contributed by atoms with E-state index in [4.69, 9.17) is 4.74 Å². The number of carbonyl (C=O) groups excluding carboxylic acids is 1. The van der Waals surface area contributed by atoms with Crippen LogP contribution in [0.2, 0.25) is 0 Å². The zero-order valence-electron chi connectivity index (χ0n) is 8.00. The van der Waals surface area contributed by atoms with E-state index in [1.165, 1.54) is 7.28 Å². The molecule has 4 nitrogen and oxygen atoms in total. The van der Waals surface area contributed by atoms with Gasteiger partial charge in [0.05, 0.1) is 0 Å². The van der Waals surface area contributed by atoms with Gasteiger partial charge in [0.1, 0.15) is 5.60 Å². The number of hydrogen-bond donors (Lipinski definition) is 1. The Bertz CT molecular complexity index is 277. The summed E-state index contributed by atoms with van der Waals surface area (Å²) in [5, 5.41) is 6.32. The van der Waals surface area contributed by atoms with Gasteiger partial charge in [0.15, 0.2) is 0 Å². The first kappa shape index (κ1) is 9.83. The second-order valence-corrected chi connectivity index (χ2v) is 3.71. The number of aromatic nitrogens is 2. The van der Waals surface area contributed by atoms with Gasteiger partial charge in [-0.25, -0.2) is 0 Å². The Morgan fingerprint density at radius 3 is 2.77 bits per heavy atom. The maximum atomic E-state index is 11.2. The van der Waals surface area contributed by atoms with Crippen LogP contribution in [0.15, 0.2) is 12.4 Å². The summed E-state index contributed by atoms with van der Waals surface area (Å²) in [7, 11) is 1.40. The Morgan fingerprint density at radius 1 is 1.62 bits per heavy atom. The molecular weight excluding hydrogens is 167 g/mol. The summed E-state index contributed by atoms with van der Waals surface area (Å²) < 4.78 is 5.07. The smallest absolute Gasteiger partial charge is 0.302 e. The van der Waals surface area contributed by atoms with Gasteiger partial charge in [-0.1, -0.05) is 0 Å². The van der Waals surface area contributed by atoms with E-state index in [2.05, 4.69) is 10.2 Å². The molecule has 1 aromatic rings. The van der Waals surface area contributed by atoms with E-state index in [0.717, 1.165) is 0 Å². The van der Waals surface area contributed by atoms with Crippen LogP contribution in [0.3, 0.4) is 0 Å². The van der Waals surface area contributed by atoms with Crippen molar-refractivity contribution in [3.63, 3.8) is 0 Å². The van der Waals surface area contributed by atoms with Crippen LogP contribution in [0.5, 0.6) is 0 Å². The third-order valence-electron chi connectivity index (χ3n) is 1.21. The van der Waals surface area contributed by atoms with Crippen LogP contribution in [0.4, 0.5) is 4.79 Å². The van der Waals surface area contributed by atoms with Gasteiger partial charge < -0.3 is 4.74 Å². The van der Waals surface area contributed by atoms with Gasteiger partial charge >= 0.3 is 7.28 Å². The minimum Gasteiger partial charge on any atom is -0.468 e. The van der Waals surface area contributed by atoms with Gasteiger partial charge in [-0.3, -0.25) is 9.89 Å². The number of H-pyrrole nitrogens is 1. The second-order valence-electron chi connectivity index (χ2n) is 3.71. The molecular formula is C8H12BN2O2. The summed E-state index contributed by atoms with van der Waals surface area (Å²) in [6.45, 7) is 5.48. The minimum atomic E-state index is -0.447. The predicted octanol–water partition coefficient (Wildman–Crippen LogP) is 0.674. The lowest BCUT2D eigenvalue weighted by Gasteiger charge is -2.19. The molecule has 1 radical (unpaired) electrons. The number of rotatable bonds is 2. The third kappa shape index (κ3) is 3.78. The van der Waals surface area contributed by atoms with E-state index >= 15 is 0 Å². The Morgan fingerprint density at radius 2 is 2.31 bits per heavy atom. The van der Waals surface area contributed by atoms with Gasteiger partial charge in [-0.05, 0) is 26.2 Å². The number of nitrogens with one attached hydrogen (secondary N) is 1. The van der Waals surface area contributed by atoms with Crippen LogP contribution in [0.25, 0.3) is 0 Å². The highest BCUT2D eigenvalue weighted by Crippen LogP contribution is 2.06. The Hall–Kier alpha value is -1.26. The first-order valence-electron chi connectivity index (χ1n) is 4.04. The van der Waals surface area contributed by atoms with E-state index in [1.54, 1.807) is 12.4 Å². The standard InChI is InChI=1S/C8H12BN2O2/c1-8(2,3)13-7(12)9-6-4-10-11-5-6/h4-5H,1-3H3,(H,10,11). The number of nitrogens with zero attached hydrogens (tertiary/aromatic N) is 1. The molecule has 0 aliphatic rings. The Kier molecular flexibility index (Phi) is 2.75. The number of hydrogen-bond acceptors (Lipinski definition) is 3. The first-order chi connectivity index (χ1) is 5.97. The van der Waals surface area contributed by atoms with Crippen molar-refractivity contribution >= 4 is 18.6 Å². The highest BCUT2D eigenvalue weighted by atomic mass is 16.5. The molecule has 1 N–H and O–H groups in total. The van der Waals surface area contributed by atoms with Crippen LogP contribution in [0.1, 0.15) is 20.8 Å². The molecule has 0 saturated carbocycles. The molecule has 0 aliphatic heterocycles. The zero-order valence-corrected chi connectivity index (χ0v) is 8.00. The molecule has 1 rings (SSSR count). The number of carbonyl (C=O) groups is 1. The summed E-state index contributed by atoms with van der Waals surface area (Å²) in [5.74, 6) is -0.353. The SMILES string of the molecule is CC(C)(C)OC(=O)[B]c1cn[nH]c1. The normalized spacial score (nSPS) is 11.0. The van der Waals surface area contributed by atoms with Crippen molar-refractivity contribution in [1.29, 1.82) is 0 Å². The van der Waals surface area contributed by atoms with Gasteiger partial charge in [0, 0.05) is 12.4 Å². The molecule has 0 spiro atoms. The van der Waals surface area contributed by atoms with Gasteiger partial charge in [-0.15, -0.1) is 0 Å². The third-order valence-corrected chi connectivity index (χ3v) is 1.21. The average molecular weight is 179 g/mol. The lowest BCUT2D eigenvalue weighted by molar-refractivity contribution is 0.0720. The lowest BCUT2D eigenvalue weighted by atomic mass is 9.72. The Balaban J connectivity index is 2.43. The largest absolute Gasteiger partial charge is 0.468 e. The van der Waals surface area contributed by atoms with E-state index < -0.39 is 5.60 Å². The molecule has 0 atom stereocenters.